The fraction of sp³-hybridized carbons (Fsp3) is 1.00. The molecule has 0 aromatic rings. The van der Waals surface area contributed by atoms with Gasteiger partial charge in [-0.2, -0.15) is 0 Å². The maximum Gasteiger partial charge on any atom is 0.0178 e. The molecule has 0 aromatic heterocycles. The summed E-state index contributed by atoms with van der Waals surface area (Å²) >= 11 is 2.52. The molecule has 0 unspecified atom stereocenters. The van der Waals surface area contributed by atoms with Crippen molar-refractivity contribution in [2.75, 3.05) is 19.6 Å². The number of alkyl halides is 1. The fourth-order valence-electron chi connectivity index (χ4n) is 0.964. The van der Waals surface area contributed by atoms with Crippen LogP contribution >= 0.6 is 22.6 Å². The molecule has 0 aliphatic heterocycles. The molecule has 0 bridgehead atoms. The summed E-state index contributed by atoms with van der Waals surface area (Å²) in [6.45, 7) is 12.6. The van der Waals surface area contributed by atoms with Crippen LogP contribution in [0.5, 0.6) is 0 Å². The summed E-state index contributed by atoms with van der Waals surface area (Å²) in [7, 11) is 0. The molecule has 0 aromatic carbocycles. The van der Waals surface area contributed by atoms with E-state index in [-0.39, 0.29) is 0 Å². The lowest BCUT2D eigenvalue weighted by Gasteiger charge is -2.23. The maximum absolute atomic E-state index is 2.52. The van der Waals surface area contributed by atoms with E-state index in [9.17, 15) is 0 Å². The molecule has 0 spiro atoms. The Balaban J connectivity index is 3.51. The third-order valence-electron chi connectivity index (χ3n) is 1.92. The quantitative estimate of drug-likeness (QED) is 0.548. The molecule has 0 N–H and O–H groups in total. The van der Waals surface area contributed by atoms with Gasteiger partial charge in [-0.1, -0.05) is 50.3 Å². The first-order chi connectivity index (χ1) is 4.99. The van der Waals surface area contributed by atoms with Crippen LogP contribution in [0.1, 0.15) is 34.1 Å². The summed E-state index contributed by atoms with van der Waals surface area (Å²) in [5, 5.41) is 0. The molecule has 11 heavy (non-hydrogen) atoms. The molecule has 0 amide bonds. The minimum absolute atomic E-state index is 0.459. The van der Waals surface area contributed by atoms with Gasteiger partial charge in [0.25, 0.3) is 0 Å². The van der Waals surface area contributed by atoms with E-state index in [1.807, 2.05) is 0 Å². The van der Waals surface area contributed by atoms with Crippen LogP contribution in [0.25, 0.3) is 0 Å². The second-order valence-corrected chi connectivity index (χ2v) is 6.42. The Labute approximate surface area is 84.7 Å². The Hall–Kier alpha value is 0.690. The fourth-order valence-corrected chi connectivity index (χ4v) is 1.21. The first kappa shape index (κ1) is 11.7. The molecule has 0 saturated heterocycles. The number of rotatable bonds is 5. The average molecular weight is 269 g/mol. The van der Waals surface area contributed by atoms with E-state index in [2.05, 4.69) is 55.2 Å². The van der Waals surface area contributed by atoms with Crippen LogP contribution < -0.4 is 0 Å². The van der Waals surface area contributed by atoms with Crippen LogP contribution in [0.15, 0.2) is 0 Å². The van der Waals surface area contributed by atoms with Gasteiger partial charge in [0.2, 0.25) is 0 Å². The Kier molecular flexibility index (Phi) is 5.69. The lowest BCUT2D eigenvalue weighted by atomic mass is 10.1. The lowest BCUT2D eigenvalue weighted by molar-refractivity contribution is 0.292. The average Bonchev–Trinajstić information content (AvgIpc) is 1.88. The van der Waals surface area contributed by atoms with Gasteiger partial charge in [-0.3, -0.25) is 0 Å². The molecular formula is C9H20IN. The molecule has 0 heterocycles. The summed E-state index contributed by atoms with van der Waals surface area (Å²) in [6, 6.07) is 0. The zero-order chi connectivity index (χ0) is 8.91. The smallest absolute Gasteiger partial charge is 0.0178 e. The van der Waals surface area contributed by atoms with Crippen LogP contribution in [-0.2, 0) is 0 Å². The Morgan fingerprint density at radius 1 is 1.18 bits per heavy atom. The van der Waals surface area contributed by atoms with Gasteiger partial charge in [0.1, 0.15) is 0 Å². The van der Waals surface area contributed by atoms with Crippen molar-refractivity contribution in [1.82, 2.24) is 4.90 Å². The van der Waals surface area contributed by atoms with E-state index in [0.717, 1.165) is 0 Å². The van der Waals surface area contributed by atoms with Gasteiger partial charge < -0.3 is 4.90 Å². The van der Waals surface area contributed by atoms with Crippen LogP contribution in [0.3, 0.4) is 0 Å². The van der Waals surface area contributed by atoms with Crippen molar-refractivity contribution in [3.8, 4) is 0 Å². The summed E-state index contributed by atoms with van der Waals surface area (Å²) in [4.78, 5) is 2.47. The standard InChI is InChI=1S/C9H20IN/c1-5-11(6-2)8-7-9(3,4)10/h5-8H2,1-4H3. The number of hydrogen-bond donors (Lipinski definition) is 0. The molecule has 0 radical (unpaired) electrons. The highest BCUT2D eigenvalue weighted by molar-refractivity contribution is 14.1. The third-order valence-corrected chi connectivity index (χ3v) is 2.46. The Morgan fingerprint density at radius 2 is 1.64 bits per heavy atom. The van der Waals surface area contributed by atoms with Gasteiger partial charge in [-0.15, -0.1) is 0 Å². The van der Waals surface area contributed by atoms with Crippen molar-refractivity contribution in [3.63, 3.8) is 0 Å². The van der Waals surface area contributed by atoms with Crippen LogP contribution in [0.4, 0.5) is 0 Å². The van der Waals surface area contributed by atoms with Crippen molar-refractivity contribution >= 4 is 22.6 Å². The predicted molar refractivity (Wildman–Crippen MR) is 60.5 cm³/mol. The molecule has 0 aliphatic carbocycles. The molecule has 0 atom stereocenters. The summed E-state index contributed by atoms with van der Waals surface area (Å²) < 4.78 is 0.459. The highest BCUT2D eigenvalue weighted by Crippen LogP contribution is 2.21. The summed E-state index contributed by atoms with van der Waals surface area (Å²) in [5.74, 6) is 0. The maximum atomic E-state index is 2.52. The molecule has 68 valence electrons. The van der Waals surface area contributed by atoms with Gasteiger partial charge >= 0.3 is 0 Å². The zero-order valence-corrected chi connectivity index (χ0v) is 10.3. The summed E-state index contributed by atoms with van der Waals surface area (Å²) in [6.07, 6.45) is 1.29. The van der Waals surface area contributed by atoms with Gasteiger partial charge in [0.15, 0.2) is 0 Å². The van der Waals surface area contributed by atoms with Crippen LogP contribution in [0, 0.1) is 0 Å². The van der Waals surface area contributed by atoms with Crippen molar-refractivity contribution < 1.29 is 0 Å². The second-order valence-electron chi connectivity index (χ2n) is 3.50. The monoisotopic (exact) mass is 269 g/mol. The molecule has 0 fully saturated rings. The largest absolute Gasteiger partial charge is 0.304 e. The van der Waals surface area contributed by atoms with Crippen molar-refractivity contribution in [2.45, 2.75) is 37.5 Å². The molecule has 2 heteroatoms. The Morgan fingerprint density at radius 3 is 1.91 bits per heavy atom. The zero-order valence-electron chi connectivity index (χ0n) is 8.15. The molecule has 0 saturated carbocycles. The van der Waals surface area contributed by atoms with Gasteiger partial charge in [0.05, 0.1) is 0 Å². The summed E-state index contributed by atoms with van der Waals surface area (Å²) in [5.41, 5.74) is 0. The van der Waals surface area contributed by atoms with E-state index in [1.54, 1.807) is 0 Å². The normalized spacial score (nSPS) is 12.5. The minimum atomic E-state index is 0.459. The second kappa shape index (κ2) is 5.36. The van der Waals surface area contributed by atoms with Gasteiger partial charge in [0, 0.05) is 3.42 Å². The molecule has 1 nitrogen and oxygen atoms in total. The number of nitrogens with zero attached hydrogens (tertiary/aromatic N) is 1. The Bertz CT molecular complexity index is 92.2. The van der Waals surface area contributed by atoms with E-state index >= 15 is 0 Å². The van der Waals surface area contributed by atoms with Crippen LogP contribution in [0.2, 0.25) is 0 Å². The SMILES string of the molecule is CCN(CC)CCC(C)(C)I. The van der Waals surface area contributed by atoms with Crippen molar-refractivity contribution in [3.05, 3.63) is 0 Å². The van der Waals surface area contributed by atoms with Crippen LogP contribution in [-0.4, -0.2) is 28.0 Å². The first-order valence-electron chi connectivity index (χ1n) is 4.41. The van der Waals surface area contributed by atoms with E-state index in [4.69, 9.17) is 0 Å². The van der Waals surface area contributed by atoms with E-state index in [1.165, 1.54) is 26.1 Å². The third kappa shape index (κ3) is 7.06. The molecular weight excluding hydrogens is 249 g/mol. The number of halogens is 1. The van der Waals surface area contributed by atoms with Crippen molar-refractivity contribution in [2.24, 2.45) is 0 Å². The number of hydrogen-bond acceptors (Lipinski definition) is 1. The molecule has 0 aliphatic rings. The van der Waals surface area contributed by atoms with Gasteiger partial charge in [-0.25, -0.2) is 0 Å². The highest BCUT2D eigenvalue weighted by atomic mass is 127. The predicted octanol–water partition coefficient (Wildman–Crippen LogP) is 2.93. The van der Waals surface area contributed by atoms with Gasteiger partial charge in [-0.05, 0) is 26.1 Å². The lowest BCUT2D eigenvalue weighted by Crippen LogP contribution is -2.28. The highest BCUT2D eigenvalue weighted by Gasteiger charge is 2.13. The van der Waals surface area contributed by atoms with E-state index < -0.39 is 0 Å². The first-order valence-corrected chi connectivity index (χ1v) is 5.48. The topological polar surface area (TPSA) is 3.24 Å². The molecule has 0 rings (SSSR count). The van der Waals surface area contributed by atoms with E-state index in [0.29, 0.717) is 3.42 Å². The minimum Gasteiger partial charge on any atom is -0.304 e. The van der Waals surface area contributed by atoms with Crippen molar-refractivity contribution in [1.29, 1.82) is 0 Å².